The smallest absolute Gasteiger partial charge is 0.0317 e. The zero-order valence-corrected chi connectivity index (χ0v) is 9.10. The van der Waals surface area contributed by atoms with E-state index in [-0.39, 0.29) is 0 Å². The minimum Gasteiger partial charge on any atom is -0.314 e. The van der Waals surface area contributed by atoms with Crippen molar-refractivity contribution in [3.63, 3.8) is 0 Å². The van der Waals surface area contributed by atoms with Crippen LogP contribution in [0.3, 0.4) is 0 Å². The fourth-order valence-corrected chi connectivity index (χ4v) is 1.71. The largest absolute Gasteiger partial charge is 0.314 e. The van der Waals surface area contributed by atoms with Gasteiger partial charge in [0, 0.05) is 19.1 Å². The van der Waals surface area contributed by atoms with Crippen molar-refractivity contribution >= 4 is 0 Å². The molecule has 1 aliphatic heterocycles. The van der Waals surface area contributed by atoms with Gasteiger partial charge in [0.2, 0.25) is 0 Å². The van der Waals surface area contributed by atoms with Crippen molar-refractivity contribution in [2.24, 2.45) is 5.92 Å². The minimum atomic E-state index is 0.760. The van der Waals surface area contributed by atoms with Gasteiger partial charge in [-0.05, 0) is 18.9 Å². The van der Waals surface area contributed by atoms with E-state index in [9.17, 15) is 0 Å². The second-order valence-electron chi connectivity index (χ2n) is 4.18. The van der Waals surface area contributed by atoms with Gasteiger partial charge in [0.05, 0.1) is 0 Å². The van der Waals surface area contributed by atoms with Gasteiger partial charge in [0.25, 0.3) is 0 Å². The maximum atomic E-state index is 3.62. The van der Waals surface area contributed by atoms with Crippen LogP contribution >= 0.6 is 0 Å². The summed E-state index contributed by atoms with van der Waals surface area (Å²) in [5, 5.41) is 6.90. The highest BCUT2D eigenvalue weighted by molar-refractivity contribution is 4.82. The summed E-state index contributed by atoms with van der Waals surface area (Å²) in [7, 11) is 0. The van der Waals surface area contributed by atoms with Crippen LogP contribution in [0.2, 0.25) is 0 Å². The van der Waals surface area contributed by atoms with Crippen molar-refractivity contribution in [3.05, 3.63) is 0 Å². The first-order valence-electron chi connectivity index (χ1n) is 5.80. The molecule has 0 aliphatic carbocycles. The summed E-state index contributed by atoms with van der Waals surface area (Å²) in [5.41, 5.74) is 0. The van der Waals surface area contributed by atoms with Crippen LogP contribution in [0, 0.1) is 5.92 Å². The molecule has 0 radical (unpaired) electrons. The fourth-order valence-electron chi connectivity index (χ4n) is 1.71. The van der Waals surface area contributed by atoms with E-state index in [0.717, 1.165) is 12.0 Å². The molecule has 0 aromatic rings. The first-order valence-corrected chi connectivity index (χ1v) is 5.80. The fraction of sp³-hybridized carbons (Fsp3) is 1.00. The number of hydrogen-bond donors (Lipinski definition) is 2. The van der Waals surface area contributed by atoms with Crippen molar-refractivity contribution in [1.82, 2.24) is 10.6 Å². The van der Waals surface area contributed by atoms with Gasteiger partial charge in [-0.2, -0.15) is 0 Å². The molecule has 2 nitrogen and oxygen atoms in total. The van der Waals surface area contributed by atoms with Gasteiger partial charge in [-0.25, -0.2) is 0 Å². The van der Waals surface area contributed by atoms with E-state index in [0.29, 0.717) is 0 Å². The van der Waals surface area contributed by atoms with Gasteiger partial charge >= 0.3 is 0 Å². The van der Waals surface area contributed by atoms with Gasteiger partial charge in [-0.15, -0.1) is 0 Å². The van der Waals surface area contributed by atoms with E-state index in [1.54, 1.807) is 0 Å². The Balaban J connectivity index is 2.00. The Morgan fingerprint density at radius 3 is 2.62 bits per heavy atom. The summed E-state index contributed by atoms with van der Waals surface area (Å²) in [4.78, 5) is 0. The van der Waals surface area contributed by atoms with Gasteiger partial charge in [-0.3, -0.25) is 0 Å². The van der Waals surface area contributed by atoms with E-state index in [4.69, 9.17) is 0 Å². The lowest BCUT2D eigenvalue weighted by atomic mass is 9.98. The lowest BCUT2D eigenvalue weighted by molar-refractivity contribution is 0.324. The quantitative estimate of drug-likeness (QED) is 0.630. The van der Waals surface area contributed by atoms with E-state index in [1.165, 1.54) is 45.3 Å². The molecule has 0 bridgehead atoms. The molecule has 13 heavy (non-hydrogen) atoms. The summed E-state index contributed by atoms with van der Waals surface area (Å²) in [5.74, 6) is 0.903. The third-order valence-corrected chi connectivity index (χ3v) is 3.02. The van der Waals surface area contributed by atoms with Crippen LogP contribution in [0.15, 0.2) is 0 Å². The highest BCUT2D eigenvalue weighted by Gasteiger charge is 2.16. The Morgan fingerprint density at radius 2 is 2.15 bits per heavy atom. The molecule has 0 aromatic heterocycles. The summed E-state index contributed by atoms with van der Waals surface area (Å²) in [6.07, 6.45) is 5.46. The molecule has 1 rings (SSSR count). The average Bonchev–Trinajstić information content (AvgIpc) is 2.08. The van der Waals surface area contributed by atoms with Gasteiger partial charge in [-0.1, -0.05) is 33.1 Å². The molecule has 0 saturated carbocycles. The standard InChI is InChI=1S/C11H24N2/c1-3-5-6-10(4-2)7-13-11-8-12-9-11/h10-13H,3-9H2,1-2H3. The normalized spacial score (nSPS) is 19.8. The summed E-state index contributed by atoms with van der Waals surface area (Å²) >= 11 is 0. The maximum Gasteiger partial charge on any atom is 0.0317 e. The van der Waals surface area contributed by atoms with Gasteiger partial charge in [0.1, 0.15) is 0 Å². The Bertz CT molecular complexity index is 121. The van der Waals surface area contributed by atoms with E-state index in [1.807, 2.05) is 0 Å². The molecule has 0 amide bonds. The monoisotopic (exact) mass is 184 g/mol. The Hall–Kier alpha value is -0.0800. The second kappa shape index (κ2) is 6.39. The SMILES string of the molecule is CCCCC(CC)CNC1CNC1. The summed E-state index contributed by atoms with van der Waals surface area (Å²) in [6.45, 7) is 8.15. The molecule has 1 atom stereocenters. The molecular formula is C11H24N2. The van der Waals surface area contributed by atoms with Crippen molar-refractivity contribution in [3.8, 4) is 0 Å². The van der Waals surface area contributed by atoms with Crippen LogP contribution < -0.4 is 10.6 Å². The van der Waals surface area contributed by atoms with Gasteiger partial charge in [0.15, 0.2) is 0 Å². The van der Waals surface area contributed by atoms with Crippen molar-refractivity contribution in [2.45, 2.75) is 45.6 Å². The van der Waals surface area contributed by atoms with Crippen LogP contribution in [0.5, 0.6) is 0 Å². The maximum absolute atomic E-state index is 3.62. The van der Waals surface area contributed by atoms with Crippen LogP contribution in [-0.4, -0.2) is 25.7 Å². The zero-order valence-electron chi connectivity index (χ0n) is 9.10. The third kappa shape index (κ3) is 4.10. The Labute approximate surface area is 82.5 Å². The Kier molecular flexibility index (Phi) is 5.40. The van der Waals surface area contributed by atoms with E-state index in [2.05, 4.69) is 24.5 Å². The summed E-state index contributed by atoms with van der Waals surface area (Å²) < 4.78 is 0. The molecule has 0 spiro atoms. The van der Waals surface area contributed by atoms with Crippen LogP contribution in [0.4, 0.5) is 0 Å². The van der Waals surface area contributed by atoms with Crippen molar-refractivity contribution in [2.75, 3.05) is 19.6 Å². The average molecular weight is 184 g/mol. The Morgan fingerprint density at radius 1 is 1.38 bits per heavy atom. The lowest BCUT2D eigenvalue weighted by Gasteiger charge is -2.30. The molecular weight excluding hydrogens is 160 g/mol. The second-order valence-corrected chi connectivity index (χ2v) is 4.18. The minimum absolute atomic E-state index is 0.760. The molecule has 1 heterocycles. The third-order valence-electron chi connectivity index (χ3n) is 3.02. The van der Waals surface area contributed by atoms with E-state index < -0.39 is 0 Å². The number of rotatable bonds is 7. The topological polar surface area (TPSA) is 24.1 Å². The first-order chi connectivity index (χ1) is 6.36. The zero-order chi connectivity index (χ0) is 9.52. The lowest BCUT2D eigenvalue weighted by Crippen LogP contribution is -2.56. The molecule has 0 aromatic carbocycles. The molecule has 1 unspecified atom stereocenters. The number of unbranched alkanes of at least 4 members (excludes halogenated alkanes) is 1. The molecule has 78 valence electrons. The summed E-state index contributed by atoms with van der Waals surface area (Å²) in [6, 6.07) is 0.760. The highest BCUT2D eigenvalue weighted by Crippen LogP contribution is 2.11. The number of nitrogens with one attached hydrogen (secondary N) is 2. The predicted molar refractivity (Wildman–Crippen MR) is 58.0 cm³/mol. The van der Waals surface area contributed by atoms with Crippen molar-refractivity contribution in [1.29, 1.82) is 0 Å². The van der Waals surface area contributed by atoms with Crippen LogP contribution in [-0.2, 0) is 0 Å². The van der Waals surface area contributed by atoms with Crippen LogP contribution in [0.1, 0.15) is 39.5 Å². The first kappa shape index (κ1) is 11.0. The van der Waals surface area contributed by atoms with Gasteiger partial charge < -0.3 is 10.6 Å². The molecule has 1 fully saturated rings. The molecule has 1 saturated heterocycles. The highest BCUT2D eigenvalue weighted by atomic mass is 15.1. The number of hydrogen-bond acceptors (Lipinski definition) is 2. The predicted octanol–water partition coefficient (Wildman–Crippen LogP) is 1.76. The molecule has 1 aliphatic rings. The van der Waals surface area contributed by atoms with Crippen LogP contribution in [0.25, 0.3) is 0 Å². The molecule has 2 N–H and O–H groups in total. The van der Waals surface area contributed by atoms with Crippen molar-refractivity contribution < 1.29 is 0 Å². The molecule has 2 heteroatoms. The van der Waals surface area contributed by atoms with E-state index >= 15 is 0 Å².